The molecule has 0 heterocycles. The Labute approximate surface area is 135 Å². The van der Waals surface area contributed by atoms with Gasteiger partial charge in [-0.3, -0.25) is 4.79 Å². The fraction of sp³-hybridized carbons (Fsp3) is 0.133. The molecule has 0 atom stereocenters. The number of carbonyl (C=O) groups is 1. The quantitative estimate of drug-likeness (QED) is 0.903. The maximum atomic E-state index is 12.3. The summed E-state index contributed by atoms with van der Waals surface area (Å²) in [7, 11) is -6.86. The number of rotatable bonds is 4. The Morgan fingerprint density at radius 2 is 1.39 bits per heavy atom. The highest BCUT2D eigenvalue weighted by Gasteiger charge is 2.18. The van der Waals surface area contributed by atoms with Gasteiger partial charge in [0.05, 0.1) is 15.4 Å². The topological polar surface area (TPSA) is 97.4 Å². The second-order valence-electron chi connectivity index (χ2n) is 5.02. The molecule has 0 spiro atoms. The lowest BCUT2D eigenvalue weighted by atomic mass is 10.2. The van der Waals surface area contributed by atoms with Crippen LogP contribution in [-0.2, 0) is 19.7 Å². The van der Waals surface area contributed by atoms with Crippen LogP contribution in [0, 0.1) is 0 Å². The van der Waals surface area contributed by atoms with E-state index in [1.54, 1.807) is 6.07 Å². The molecule has 0 saturated carbocycles. The zero-order valence-electron chi connectivity index (χ0n) is 12.5. The van der Waals surface area contributed by atoms with Gasteiger partial charge in [0, 0.05) is 18.2 Å². The van der Waals surface area contributed by atoms with Crippen molar-refractivity contribution < 1.29 is 21.6 Å². The smallest absolute Gasteiger partial charge is 0.256 e. The molecule has 1 amide bonds. The summed E-state index contributed by atoms with van der Waals surface area (Å²) < 4.78 is 46.2. The molecule has 23 heavy (non-hydrogen) atoms. The van der Waals surface area contributed by atoms with Gasteiger partial charge in [-0.2, -0.15) is 0 Å². The Balaban J connectivity index is 2.31. The Hall–Kier alpha value is -2.19. The van der Waals surface area contributed by atoms with Crippen molar-refractivity contribution in [3.63, 3.8) is 0 Å². The maximum Gasteiger partial charge on any atom is 0.256 e. The number of hydrogen-bond donors (Lipinski definition) is 1. The molecular weight excluding hydrogens is 338 g/mol. The fourth-order valence-corrected chi connectivity index (χ4v) is 3.48. The molecule has 0 aliphatic heterocycles. The summed E-state index contributed by atoms with van der Waals surface area (Å²) in [6.45, 7) is 0. The molecule has 2 aromatic carbocycles. The summed E-state index contributed by atoms with van der Waals surface area (Å²) in [6, 6.07) is 11.5. The van der Waals surface area contributed by atoms with Crippen molar-refractivity contribution in [3.05, 3.63) is 54.1 Å². The van der Waals surface area contributed by atoms with Crippen molar-refractivity contribution in [1.29, 1.82) is 0 Å². The third-order valence-corrected chi connectivity index (χ3v) is 5.35. The van der Waals surface area contributed by atoms with Crippen molar-refractivity contribution in [2.24, 2.45) is 0 Å². The van der Waals surface area contributed by atoms with Crippen molar-refractivity contribution in [2.75, 3.05) is 17.8 Å². The standard InChI is InChI=1S/C15H15NO5S2/c1-22(18,19)12-9-7-11(8-10-12)16-15(17)13-5-3-4-6-14(13)23(2,20)21/h3-10H,1-2H3,(H,16,17). The average Bonchev–Trinajstić information content (AvgIpc) is 2.46. The van der Waals surface area contributed by atoms with Gasteiger partial charge in [0.15, 0.2) is 19.7 Å². The lowest BCUT2D eigenvalue weighted by Crippen LogP contribution is -2.16. The number of amides is 1. The number of sulfone groups is 2. The van der Waals surface area contributed by atoms with Gasteiger partial charge in [0.1, 0.15) is 0 Å². The van der Waals surface area contributed by atoms with E-state index in [0.717, 1.165) is 12.5 Å². The van der Waals surface area contributed by atoms with Crippen LogP contribution in [0.4, 0.5) is 5.69 Å². The SMILES string of the molecule is CS(=O)(=O)c1ccc(NC(=O)c2ccccc2S(C)(=O)=O)cc1. The molecule has 0 radical (unpaired) electrons. The van der Waals surface area contributed by atoms with Gasteiger partial charge in [0.2, 0.25) is 0 Å². The summed E-state index contributed by atoms with van der Waals surface area (Å²) >= 11 is 0. The van der Waals surface area contributed by atoms with Gasteiger partial charge in [-0.05, 0) is 36.4 Å². The van der Waals surface area contributed by atoms with Crippen LogP contribution in [0.1, 0.15) is 10.4 Å². The monoisotopic (exact) mass is 353 g/mol. The molecule has 0 aliphatic rings. The largest absolute Gasteiger partial charge is 0.322 e. The lowest BCUT2D eigenvalue weighted by Gasteiger charge is -2.09. The van der Waals surface area contributed by atoms with E-state index in [9.17, 15) is 21.6 Å². The van der Waals surface area contributed by atoms with Gasteiger partial charge in [-0.15, -0.1) is 0 Å². The highest BCUT2D eigenvalue weighted by Crippen LogP contribution is 2.18. The third-order valence-electron chi connectivity index (χ3n) is 3.07. The fourth-order valence-electron chi connectivity index (χ4n) is 1.96. The molecule has 0 aromatic heterocycles. The molecule has 1 N–H and O–H groups in total. The predicted molar refractivity (Wildman–Crippen MR) is 87.1 cm³/mol. The number of carbonyl (C=O) groups excluding carboxylic acids is 1. The molecular formula is C15H15NO5S2. The van der Waals surface area contributed by atoms with E-state index in [-0.39, 0.29) is 15.4 Å². The third kappa shape index (κ3) is 4.17. The Kier molecular flexibility index (Phi) is 4.58. The Bertz CT molecular complexity index is 946. The second-order valence-corrected chi connectivity index (χ2v) is 9.02. The number of anilines is 1. The molecule has 0 unspecified atom stereocenters. The first-order chi connectivity index (χ1) is 10.6. The minimum absolute atomic E-state index is 0.0298. The zero-order valence-corrected chi connectivity index (χ0v) is 14.1. The summed E-state index contributed by atoms with van der Waals surface area (Å²) in [5.41, 5.74) is 0.396. The molecule has 6 nitrogen and oxygen atoms in total. The Morgan fingerprint density at radius 1 is 0.826 bits per heavy atom. The molecule has 2 rings (SSSR count). The molecule has 122 valence electrons. The highest BCUT2D eigenvalue weighted by atomic mass is 32.2. The summed E-state index contributed by atoms with van der Waals surface area (Å²) in [6.07, 6.45) is 2.11. The molecule has 0 bridgehead atoms. The zero-order chi connectivity index (χ0) is 17.3. The van der Waals surface area contributed by atoms with Gasteiger partial charge >= 0.3 is 0 Å². The number of benzene rings is 2. The van der Waals surface area contributed by atoms with Crippen LogP contribution in [0.5, 0.6) is 0 Å². The highest BCUT2D eigenvalue weighted by molar-refractivity contribution is 7.91. The Morgan fingerprint density at radius 3 is 1.91 bits per heavy atom. The van der Waals surface area contributed by atoms with Crippen LogP contribution in [0.15, 0.2) is 58.3 Å². The van der Waals surface area contributed by atoms with Crippen LogP contribution >= 0.6 is 0 Å². The van der Waals surface area contributed by atoms with Gasteiger partial charge < -0.3 is 5.32 Å². The summed E-state index contributed by atoms with van der Waals surface area (Å²) in [5, 5.41) is 2.55. The van der Waals surface area contributed by atoms with Crippen molar-refractivity contribution in [2.45, 2.75) is 9.79 Å². The predicted octanol–water partition coefficient (Wildman–Crippen LogP) is 1.75. The van der Waals surface area contributed by atoms with Gasteiger partial charge in [-0.1, -0.05) is 12.1 Å². The van der Waals surface area contributed by atoms with Gasteiger partial charge in [-0.25, -0.2) is 16.8 Å². The first kappa shape index (κ1) is 17.2. The number of hydrogen-bond acceptors (Lipinski definition) is 5. The van der Waals surface area contributed by atoms with E-state index in [2.05, 4.69) is 5.32 Å². The van der Waals surface area contributed by atoms with E-state index >= 15 is 0 Å². The van der Waals surface area contributed by atoms with Crippen LogP contribution in [0.2, 0.25) is 0 Å². The van der Waals surface area contributed by atoms with Crippen molar-refractivity contribution in [1.82, 2.24) is 0 Å². The van der Waals surface area contributed by atoms with Gasteiger partial charge in [0.25, 0.3) is 5.91 Å². The number of nitrogens with one attached hydrogen (secondary N) is 1. The van der Waals surface area contributed by atoms with Crippen LogP contribution < -0.4 is 5.32 Å². The first-order valence-electron chi connectivity index (χ1n) is 6.49. The average molecular weight is 353 g/mol. The summed E-state index contributed by atoms with van der Waals surface area (Å²) in [4.78, 5) is 12.3. The minimum atomic E-state index is -3.54. The van der Waals surface area contributed by atoms with Crippen molar-refractivity contribution in [3.8, 4) is 0 Å². The molecule has 0 aliphatic carbocycles. The van der Waals surface area contributed by atoms with Crippen LogP contribution in [-0.4, -0.2) is 35.3 Å². The molecule has 8 heteroatoms. The van der Waals surface area contributed by atoms with E-state index in [1.165, 1.54) is 42.5 Å². The van der Waals surface area contributed by atoms with E-state index in [1.807, 2.05) is 0 Å². The molecule has 0 fully saturated rings. The maximum absolute atomic E-state index is 12.3. The lowest BCUT2D eigenvalue weighted by molar-refractivity contribution is 0.102. The second kappa shape index (κ2) is 6.13. The van der Waals surface area contributed by atoms with Crippen LogP contribution in [0.3, 0.4) is 0 Å². The molecule has 2 aromatic rings. The minimum Gasteiger partial charge on any atom is -0.322 e. The first-order valence-corrected chi connectivity index (χ1v) is 10.3. The van der Waals surface area contributed by atoms with E-state index < -0.39 is 25.6 Å². The van der Waals surface area contributed by atoms with E-state index in [4.69, 9.17) is 0 Å². The van der Waals surface area contributed by atoms with Crippen molar-refractivity contribution >= 4 is 31.3 Å². The molecule has 0 saturated heterocycles. The summed E-state index contributed by atoms with van der Waals surface area (Å²) in [5.74, 6) is -0.585. The van der Waals surface area contributed by atoms with E-state index in [0.29, 0.717) is 5.69 Å². The van der Waals surface area contributed by atoms with Crippen LogP contribution in [0.25, 0.3) is 0 Å². The normalized spacial score (nSPS) is 11.9.